The summed E-state index contributed by atoms with van der Waals surface area (Å²) >= 11 is 0. The minimum Gasteiger partial charge on any atom is -0.504 e. The maximum absolute atomic E-state index is 10.2. The molecule has 0 unspecified atom stereocenters. The van der Waals surface area contributed by atoms with Crippen molar-refractivity contribution >= 4 is 5.82 Å². The van der Waals surface area contributed by atoms with E-state index in [1.165, 1.54) is 0 Å². The van der Waals surface area contributed by atoms with Crippen molar-refractivity contribution in [3.8, 4) is 11.8 Å². The fourth-order valence-electron chi connectivity index (χ4n) is 0.804. The Hall–Kier alpha value is -2.16. The molecule has 66 valence electrons. The van der Waals surface area contributed by atoms with Crippen molar-refractivity contribution in [3.05, 3.63) is 27.9 Å². The predicted octanol–water partition coefficient (Wildman–Crippen LogP) is 0.761. The highest BCUT2D eigenvalue weighted by atomic mass is 16.6. The molecule has 0 radical (unpaired) electrons. The zero-order chi connectivity index (χ0) is 9.84. The Balaban J connectivity index is 3.12. The van der Waals surface area contributed by atoms with Gasteiger partial charge in [-0.15, -0.1) is 0 Å². The Morgan fingerprint density at radius 1 is 1.77 bits per heavy atom. The monoisotopic (exact) mass is 179 g/mol. The lowest BCUT2D eigenvalue weighted by Crippen LogP contribution is -1.93. The van der Waals surface area contributed by atoms with E-state index in [4.69, 9.17) is 10.4 Å². The standard InChI is InChI=1S/C7H5N3O3/c8-2-1-5-3-7(10(12)13)9-4-6(5)11/h3-4,11H,1H2. The summed E-state index contributed by atoms with van der Waals surface area (Å²) in [6.45, 7) is 0. The molecule has 1 N–H and O–H groups in total. The smallest absolute Gasteiger partial charge is 0.363 e. The molecule has 1 aromatic heterocycles. The number of nitro groups is 1. The number of aromatic hydroxyl groups is 1. The van der Waals surface area contributed by atoms with Gasteiger partial charge in [0.1, 0.15) is 0 Å². The van der Waals surface area contributed by atoms with Crippen LogP contribution in [-0.4, -0.2) is 15.0 Å². The van der Waals surface area contributed by atoms with E-state index in [1.54, 1.807) is 6.07 Å². The van der Waals surface area contributed by atoms with Crippen LogP contribution in [0.4, 0.5) is 5.82 Å². The van der Waals surface area contributed by atoms with Gasteiger partial charge in [0.2, 0.25) is 0 Å². The molecular formula is C7H5N3O3. The van der Waals surface area contributed by atoms with Crippen LogP contribution in [0, 0.1) is 21.4 Å². The lowest BCUT2D eigenvalue weighted by Gasteiger charge is -1.96. The second-order valence-electron chi connectivity index (χ2n) is 2.26. The van der Waals surface area contributed by atoms with Gasteiger partial charge in [0.15, 0.2) is 11.9 Å². The van der Waals surface area contributed by atoms with Crippen LogP contribution in [0.15, 0.2) is 12.3 Å². The van der Waals surface area contributed by atoms with Crippen molar-refractivity contribution < 1.29 is 10.0 Å². The van der Waals surface area contributed by atoms with Crippen LogP contribution in [0.2, 0.25) is 0 Å². The van der Waals surface area contributed by atoms with Crippen LogP contribution in [0.5, 0.6) is 5.75 Å². The summed E-state index contributed by atoms with van der Waals surface area (Å²) in [6.07, 6.45) is 0.889. The molecule has 0 atom stereocenters. The second kappa shape index (κ2) is 3.49. The average molecular weight is 179 g/mol. The molecule has 0 aliphatic heterocycles. The quantitative estimate of drug-likeness (QED) is 0.533. The molecular weight excluding hydrogens is 174 g/mol. The predicted molar refractivity (Wildman–Crippen MR) is 41.9 cm³/mol. The molecule has 1 aromatic rings. The van der Waals surface area contributed by atoms with Crippen LogP contribution >= 0.6 is 0 Å². The van der Waals surface area contributed by atoms with Crippen molar-refractivity contribution in [1.29, 1.82) is 5.26 Å². The lowest BCUT2D eigenvalue weighted by atomic mass is 10.2. The molecule has 6 heteroatoms. The summed E-state index contributed by atoms with van der Waals surface area (Å²) < 4.78 is 0. The van der Waals surface area contributed by atoms with Gasteiger partial charge in [0.05, 0.1) is 12.5 Å². The molecule has 1 rings (SSSR count). The number of nitriles is 1. The van der Waals surface area contributed by atoms with E-state index >= 15 is 0 Å². The third-order valence-corrected chi connectivity index (χ3v) is 1.41. The van der Waals surface area contributed by atoms with Crippen molar-refractivity contribution in [3.63, 3.8) is 0 Å². The molecule has 0 amide bonds. The minimum atomic E-state index is -0.680. The Labute approximate surface area is 73.2 Å². The molecule has 0 saturated heterocycles. The molecule has 0 spiro atoms. The summed E-state index contributed by atoms with van der Waals surface area (Å²) in [4.78, 5) is 12.9. The summed E-state index contributed by atoms with van der Waals surface area (Å²) in [5.41, 5.74) is 0.212. The van der Waals surface area contributed by atoms with Gasteiger partial charge in [-0.2, -0.15) is 5.26 Å². The maximum atomic E-state index is 10.2. The number of rotatable bonds is 2. The van der Waals surface area contributed by atoms with Crippen LogP contribution in [0.3, 0.4) is 0 Å². The summed E-state index contributed by atoms with van der Waals surface area (Å²) in [5.74, 6) is -0.574. The molecule has 0 saturated carbocycles. The van der Waals surface area contributed by atoms with Crippen LogP contribution in [-0.2, 0) is 6.42 Å². The Morgan fingerprint density at radius 2 is 2.46 bits per heavy atom. The number of nitrogens with zero attached hydrogens (tertiary/aromatic N) is 3. The SMILES string of the molecule is N#CCc1cc([N+](=O)[O-])ncc1O. The van der Waals surface area contributed by atoms with Crippen molar-refractivity contribution in [2.45, 2.75) is 6.42 Å². The molecule has 0 aliphatic rings. The average Bonchev–Trinajstić information content (AvgIpc) is 2.08. The summed E-state index contributed by atoms with van der Waals surface area (Å²) in [6, 6.07) is 2.86. The molecule has 0 aliphatic carbocycles. The van der Waals surface area contributed by atoms with Gasteiger partial charge in [0, 0.05) is 11.6 Å². The number of hydrogen-bond donors (Lipinski definition) is 1. The molecule has 6 nitrogen and oxygen atoms in total. The Bertz CT molecular complexity index is 383. The van der Waals surface area contributed by atoms with Gasteiger partial charge in [-0.3, -0.25) is 0 Å². The minimum absolute atomic E-state index is 0.0742. The van der Waals surface area contributed by atoms with Gasteiger partial charge in [0.25, 0.3) is 0 Å². The Morgan fingerprint density at radius 3 is 3.00 bits per heavy atom. The van der Waals surface area contributed by atoms with E-state index < -0.39 is 4.92 Å². The van der Waals surface area contributed by atoms with Crippen molar-refractivity contribution in [2.24, 2.45) is 0 Å². The van der Waals surface area contributed by atoms with E-state index in [0.29, 0.717) is 0 Å². The summed E-state index contributed by atoms with van der Waals surface area (Å²) in [7, 11) is 0. The number of pyridine rings is 1. The first kappa shape index (κ1) is 8.93. The molecule has 1 heterocycles. The second-order valence-corrected chi connectivity index (χ2v) is 2.26. The zero-order valence-electron chi connectivity index (χ0n) is 6.47. The first-order valence-corrected chi connectivity index (χ1v) is 3.34. The highest BCUT2D eigenvalue weighted by Gasteiger charge is 2.11. The third kappa shape index (κ3) is 1.90. The number of aromatic nitrogens is 1. The van der Waals surface area contributed by atoms with Crippen LogP contribution < -0.4 is 0 Å². The van der Waals surface area contributed by atoms with E-state index in [1.807, 2.05) is 0 Å². The van der Waals surface area contributed by atoms with E-state index in [9.17, 15) is 10.1 Å². The van der Waals surface area contributed by atoms with Gasteiger partial charge in [-0.1, -0.05) is 0 Å². The Kier molecular flexibility index (Phi) is 2.40. The van der Waals surface area contributed by atoms with Gasteiger partial charge in [-0.25, -0.2) is 0 Å². The molecule has 0 aromatic carbocycles. The van der Waals surface area contributed by atoms with Crippen LogP contribution in [0.25, 0.3) is 0 Å². The van der Waals surface area contributed by atoms with E-state index in [-0.39, 0.29) is 23.6 Å². The zero-order valence-corrected chi connectivity index (χ0v) is 6.47. The number of hydrogen-bond acceptors (Lipinski definition) is 5. The maximum Gasteiger partial charge on any atom is 0.363 e. The third-order valence-electron chi connectivity index (χ3n) is 1.41. The van der Waals surface area contributed by atoms with Crippen LogP contribution in [0.1, 0.15) is 5.56 Å². The van der Waals surface area contributed by atoms with E-state index in [0.717, 1.165) is 12.3 Å². The lowest BCUT2D eigenvalue weighted by molar-refractivity contribution is -0.389. The molecule has 0 bridgehead atoms. The van der Waals surface area contributed by atoms with Crippen molar-refractivity contribution in [2.75, 3.05) is 0 Å². The summed E-state index contributed by atoms with van der Waals surface area (Å²) in [5, 5.41) is 27.7. The van der Waals surface area contributed by atoms with Gasteiger partial charge in [-0.05, 0) is 9.91 Å². The highest BCUT2D eigenvalue weighted by Crippen LogP contribution is 2.19. The molecule has 13 heavy (non-hydrogen) atoms. The topological polar surface area (TPSA) is 100 Å². The van der Waals surface area contributed by atoms with Gasteiger partial charge < -0.3 is 15.2 Å². The normalized spacial score (nSPS) is 9.15. The van der Waals surface area contributed by atoms with Crippen molar-refractivity contribution in [1.82, 2.24) is 4.98 Å². The van der Waals surface area contributed by atoms with Gasteiger partial charge >= 0.3 is 5.82 Å². The first-order chi connectivity index (χ1) is 6.15. The first-order valence-electron chi connectivity index (χ1n) is 3.34. The fourth-order valence-corrected chi connectivity index (χ4v) is 0.804. The fraction of sp³-hybridized carbons (Fsp3) is 0.143. The largest absolute Gasteiger partial charge is 0.504 e. The molecule has 0 fully saturated rings. The van der Waals surface area contributed by atoms with E-state index in [2.05, 4.69) is 4.98 Å². The highest BCUT2D eigenvalue weighted by molar-refractivity contribution is 5.37.